The van der Waals surface area contributed by atoms with E-state index >= 15 is 0 Å². The molecule has 0 spiro atoms. The Morgan fingerprint density at radius 2 is 1.32 bits per heavy atom. The van der Waals surface area contributed by atoms with Gasteiger partial charge in [-0.2, -0.15) is 8.42 Å². The lowest BCUT2D eigenvalue weighted by Gasteiger charge is -2.21. The first kappa shape index (κ1) is 21.9. The number of rotatable bonds is 14. The third kappa shape index (κ3) is 11.4. The quantitative estimate of drug-likeness (QED) is 0.432. The zero-order valence-electron chi connectivity index (χ0n) is 14.9. The van der Waals surface area contributed by atoms with E-state index in [2.05, 4.69) is 27.7 Å². The van der Waals surface area contributed by atoms with Crippen LogP contribution < -0.4 is 0 Å². The van der Waals surface area contributed by atoms with Crippen LogP contribution >= 0.6 is 0 Å². The molecule has 0 radical (unpaired) electrons. The van der Waals surface area contributed by atoms with Crippen molar-refractivity contribution >= 4 is 10.4 Å². The second kappa shape index (κ2) is 12.3. The van der Waals surface area contributed by atoms with Crippen molar-refractivity contribution in [2.45, 2.75) is 98.0 Å². The van der Waals surface area contributed by atoms with E-state index in [0.29, 0.717) is 24.7 Å². The minimum absolute atomic E-state index is 0.383. The second-order valence-electron chi connectivity index (χ2n) is 6.40. The van der Waals surface area contributed by atoms with Crippen molar-refractivity contribution in [3.8, 4) is 0 Å². The van der Waals surface area contributed by atoms with Crippen molar-refractivity contribution in [3.05, 3.63) is 0 Å². The molecule has 134 valence electrons. The second-order valence-corrected chi connectivity index (χ2v) is 7.45. The van der Waals surface area contributed by atoms with Crippen LogP contribution in [0.5, 0.6) is 0 Å². The summed E-state index contributed by atoms with van der Waals surface area (Å²) in [6.07, 6.45) is 9.88. The summed E-state index contributed by atoms with van der Waals surface area (Å²) < 4.78 is 36.0. The van der Waals surface area contributed by atoms with Crippen LogP contribution in [-0.4, -0.2) is 19.1 Å². The summed E-state index contributed by atoms with van der Waals surface area (Å²) in [5.41, 5.74) is 0. The minimum atomic E-state index is -4.36. The molecule has 0 saturated heterocycles. The predicted octanol–water partition coefficient (Wildman–Crippen LogP) is 5.39. The molecule has 2 atom stereocenters. The van der Waals surface area contributed by atoms with E-state index < -0.39 is 10.4 Å². The molecule has 0 aliphatic rings. The van der Waals surface area contributed by atoms with Gasteiger partial charge in [0.25, 0.3) is 0 Å². The van der Waals surface area contributed by atoms with Gasteiger partial charge in [-0.1, -0.05) is 66.2 Å². The molecule has 4 nitrogen and oxygen atoms in total. The fraction of sp³-hybridized carbons (Fsp3) is 1.00. The highest BCUT2D eigenvalue weighted by atomic mass is 32.3. The fourth-order valence-corrected chi connectivity index (χ4v) is 3.53. The maximum absolute atomic E-state index is 11.0. The highest BCUT2D eigenvalue weighted by Gasteiger charge is 2.20. The van der Waals surface area contributed by atoms with Gasteiger partial charge in [0.1, 0.15) is 0 Å². The SMILES string of the molecule is CCCC[C@@H](CC)CCC(CCC(CC)CC)OS(=O)(=O)O. The van der Waals surface area contributed by atoms with Gasteiger partial charge in [-0.25, -0.2) is 4.18 Å². The van der Waals surface area contributed by atoms with Crippen LogP contribution in [0.25, 0.3) is 0 Å². The molecule has 0 aromatic rings. The summed E-state index contributed by atoms with van der Waals surface area (Å²) in [7, 11) is -4.36. The minimum Gasteiger partial charge on any atom is -0.264 e. The summed E-state index contributed by atoms with van der Waals surface area (Å²) in [6.45, 7) is 8.69. The van der Waals surface area contributed by atoms with E-state index in [1.807, 2.05) is 0 Å². The molecule has 0 amide bonds. The molecule has 5 heteroatoms. The smallest absolute Gasteiger partial charge is 0.264 e. The molecule has 0 bridgehead atoms. The Balaban J connectivity index is 4.45. The van der Waals surface area contributed by atoms with Gasteiger partial charge in [-0.05, 0) is 37.5 Å². The first-order chi connectivity index (χ1) is 10.4. The van der Waals surface area contributed by atoms with E-state index in [-0.39, 0.29) is 6.10 Å². The number of unbranched alkanes of at least 4 members (excludes halogenated alkanes) is 1. The zero-order chi connectivity index (χ0) is 17.0. The lowest BCUT2D eigenvalue weighted by atomic mass is 9.90. The largest absolute Gasteiger partial charge is 0.397 e. The van der Waals surface area contributed by atoms with Gasteiger partial charge < -0.3 is 0 Å². The fourth-order valence-electron chi connectivity index (χ4n) is 3.00. The average molecular weight is 337 g/mol. The van der Waals surface area contributed by atoms with Crippen molar-refractivity contribution in [1.29, 1.82) is 0 Å². The third-order valence-corrected chi connectivity index (χ3v) is 5.26. The summed E-state index contributed by atoms with van der Waals surface area (Å²) in [4.78, 5) is 0. The van der Waals surface area contributed by atoms with Crippen molar-refractivity contribution in [2.24, 2.45) is 11.8 Å². The first-order valence-electron chi connectivity index (χ1n) is 9.01. The Labute approximate surface area is 138 Å². The van der Waals surface area contributed by atoms with Gasteiger partial charge in [-0.15, -0.1) is 0 Å². The summed E-state index contributed by atoms with van der Waals surface area (Å²) in [5, 5.41) is 0. The Morgan fingerprint density at radius 1 is 0.818 bits per heavy atom. The van der Waals surface area contributed by atoms with Crippen molar-refractivity contribution in [1.82, 2.24) is 0 Å². The van der Waals surface area contributed by atoms with Crippen molar-refractivity contribution in [2.75, 3.05) is 0 Å². The van der Waals surface area contributed by atoms with Gasteiger partial charge in [0.15, 0.2) is 0 Å². The van der Waals surface area contributed by atoms with E-state index in [1.54, 1.807) is 0 Å². The lowest BCUT2D eigenvalue weighted by Crippen LogP contribution is -2.20. The molecule has 22 heavy (non-hydrogen) atoms. The Kier molecular flexibility index (Phi) is 12.2. The van der Waals surface area contributed by atoms with Gasteiger partial charge in [0.05, 0.1) is 6.10 Å². The topological polar surface area (TPSA) is 63.6 Å². The molecule has 1 N–H and O–H groups in total. The van der Waals surface area contributed by atoms with Crippen LogP contribution in [0.3, 0.4) is 0 Å². The lowest BCUT2D eigenvalue weighted by molar-refractivity contribution is 0.144. The highest BCUT2D eigenvalue weighted by molar-refractivity contribution is 7.80. The summed E-state index contributed by atoms with van der Waals surface area (Å²) in [6, 6.07) is 0. The van der Waals surface area contributed by atoms with E-state index in [1.165, 1.54) is 19.3 Å². The van der Waals surface area contributed by atoms with Crippen LogP contribution in [0.15, 0.2) is 0 Å². The average Bonchev–Trinajstić information content (AvgIpc) is 2.46. The van der Waals surface area contributed by atoms with Crippen molar-refractivity contribution in [3.63, 3.8) is 0 Å². The Hall–Kier alpha value is -0.130. The molecule has 0 aromatic heterocycles. The van der Waals surface area contributed by atoms with Crippen LogP contribution in [0.2, 0.25) is 0 Å². The summed E-state index contributed by atoms with van der Waals surface area (Å²) >= 11 is 0. The normalized spacial score (nSPS) is 15.2. The maximum Gasteiger partial charge on any atom is 0.397 e. The van der Waals surface area contributed by atoms with Crippen LogP contribution in [0.4, 0.5) is 0 Å². The molecule has 0 aliphatic carbocycles. The monoisotopic (exact) mass is 336 g/mol. The zero-order valence-corrected chi connectivity index (χ0v) is 15.7. The van der Waals surface area contributed by atoms with E-state index in [4.69, 9.17) is 8.74 Å². The number of hydrogen-bond donors (Lipinski definition) is 1. The maximum atomic E-state index is 11.0. The molecule has 0 rings (SSSR count). The Morgan fingerprint density at radius 3 is 1.73 bits per heavy atom. The van der Waals surface area contributed by atoms with Crippen LogP contribution in [0, 0.1) is 11.8 Å². The van der Waals surface area contributed by atoms with Crippen molar-refractivity contribution < 1.29 is 17.2 Å². The third-order valence-electron chi connectivity index (χ3n) is 4.75. The molecule has 0 heterocycles. The van der Waals surface area contributed by atoms with E-state index in [9.17, 15) is 8.42 Å². The highest BCUT2D eigenvalue weighted by Crippen LogP contribution is 2.24. The van der Waals surface area contributed by atoms with Crippen LogP contribution in [0.1, 0.15) is 91.9 Å². The van der Waals surface area contributed by atoms with Gasteiger partial charge in [0.2, 0.25) is 0 Å². The van der Waals surface area contributed by atoms with Gasteiger partial charge in [0, 0.05) is 0 Å². The molecular weight excluding hydrogens is 300 g/mol. The standard InChI is InChI=1S/C17H36O4S/c1-5-9-10-16(8-4)12-14-17(21-22(18,19)20)13-11-15(6-2)7-3/h15-17H,5-14H2,1-4H3,(H,18,19,20)/t16-,17?/m1/s1. The predicted molar refractivity (Wildman–Crippen MR) is 92.3 cm³/mol. The molecule has 0 saturated carbocycles. The number of hydrogen-bond acceptors (Lipinski definition) is 3. The Bertz CT molecular complexity index is 350. The molecule has 0 fully saturated rings. The van der Waals surface area contributed by atoms with Gasteiger partial charge in [-0.3, -0.25) is 4.55 Å². The first-order valence-corrected chi connectivity index (χ1v) is 10.4. The molecule has 1 unspecified atom stereocenters. The molecule has 0 aliphatic heterocycles. The molecule has 0 aromatic carbocycles. The summed E-state index contributed by atoms with van der Waals surface area (Å²) in [5.74, 6) is 1.23. The van der Waals surface area contributed by atoms with Crippen LogP contribution in [-0.2, 0) is 14.6 Å². The van der Waals surface area contributed by atoms with Gasteiger partial charge >= 0.3 is 10.4 Å². The van der Waals surface area contributed by atoms with E-state index in [0.717, 1.165) is 32.1 Å². The molecular formula is C17H36O4S.